The van der Waals surface area contributed by atoms with Crippen molar-refractivity contribution in [3.05, 3.63) is 0 Å². The van der Waals surface area contributed by atoms with Gasteiger partial charge in [0.15, 0.2) is 25.0 Å². The van der Waals surface area contributed by atoms with E-state index in [1.54, 1.807) is 0 Å². The van der Waals surface area contributed by atoms with Gasteiger partial charge in [-0.1, -0.05) is 0 Å². The lowest BCUT2D eigenvalue weighted by Crippen LogP contribution is -2.66. The molecule has 0 aromatic carbocycles. The first kappa shape index (κ1) is 27.5. The normalized spacial score (nSPS) is 28.2. The second kappa shape index (κ2) is 10.4. The van der Waals surface area contributed by atoms with Crippen molar-refractivity contribution >= 4 is 36.9 Å². The molecule has 8 nitrogen and oxygen atoms in total. The van der Waals surface area contributed by atoms with Gasteiger partial charge < -0.3 is 27.5 Å². The number of ether oxygens (including phenoxy) is 3. The van der Waals surface area contributed by atoms with Crippen molar-refractivity contribution in [1.82, 2.24) is 0 Å². The van der Waals surface area contributed by atoms with Gasteiger partial charge in [0.2, 0.25) is 6.29 Å². The lowest BCUT2D eigenvalue weighted by Gasteiger charge is -2.50. The van der Waals surface area contributed by atoms with E-state index in [4.69, 9.17) is 27.5 Å². The second-order valence-corrected chi connectivity index (χ2v) is 23.9. The van der Waals surface area contributed by atoms with E-state index in [0.29, 0.717) is 0 Å². The number of rotatable bonds is 9. The summed E-state index contributed by atoms with van der Waals surface area (Å²) in [5.41, 5.74) is 0. The van der Waals surface area contributed by atoms with Crippen LogP contribution in [0.25, 0.3) is 0 Å². The maximum absolute atomic E-state index is 11.8. The quantitative estimate of drug-likeness (QED) is 0.366. The highest BCUT2D eigenvalue weighted by Crippen LogP contribution is 2.34. The Morgan fingerprint density at radius 1 is 0.700 bits per heavy atom. The molecule has 0 N–H and O–H groups in total. The number of hydrogen-bond donors (Lipinski definition) is 0. The topological polar surface area (TPSA) is 89.5 Å². The monoisotopic (exact) mass is 480 g/mol. The number of hydrogen-bond acceptors (Lipinski definition) is 8. The standard InChI is InChI=1S/C19H40O8Si3/c1-13(20)22-12-15-16(25-28(3,4)5)17(26-29(6,7)8)18(27-30(9,10)11)19(24-15)23-14(2)21/h15-19H,12H2,1-11H3/t15-,16-,17+,18-,19?/m1/s1. The molecule has 0 aromatic heterocycles. The van der Waals surface area contributed by atoms with Crippen LogP contribution in [-0.2, 0) is 37.1 Å². The van der Waals surface area contributed by atoms with Gasteiger partial charge in [-0.25, -0.2) is 0 Å². The summed E-state index contributed by atoms with van der Waals surface area (Å²) in [6.07, 6.45) is -3.29. The van der Waals surface area contributed by atoms with E-state index in [9.17, 15) is 9.59 Å². The van der Waals surface area contributed by atoms with E-state index >= 15 is 0 Å². The molecule has 30 heavy (non-hydrogen) atoms. The maximum atomic E-state index is 11.8. The molecule has 0 bridgehead atoms. The van der Waals surface area contributed by atoms with Crippen molar-refractivity contribution in [1.29, 1.82) is 0 Å². The van der Waals surface area contributed by atoms with Crippen molar-refractivity contribution in [2.75, 3.05) is 6.61 Å². The van der Waals surface area contributed by atoms with Crippen molar-refractivity contribution < 1.29 is 37.1 Å². The van der Waals surface area contributed by atoms with Crippen molar-refractivity contribution in [3.8, 4) is 0 Å². The Hall–Kier alpha value is -0.569. The fourth-order valence-corrected chi connectivity index (χ4v) is 6.35. The van der Waals surface area contributed by atoms with Crippen LogP contribution in [0.1, 0.15) is 13.8 Å². The summed E-state index contributed by atoms with van der Waals surface area (Å²) in [5, 5.41) is 0. The third-order valence-electron chi connectivity index (χ3n) is 3.79. The molecule has 1 rings (SSSR count). The summed E-state index contributed by atoms with van der Waals surface area (Å²) in [5.74, 6) is -0.899. The zero-order valence-electron chi connectivity index (χ0n) is 20.4. The van der Waals surface area contributed by atoms with Crippen LogP contribution in [0, 0.1) is 0 Å². The fourth-order valence-electron chi connectivity index (χ4n) is 3.10. The maximum Gasteiger partial charge on any atom is 0.305 e. The zero-order chi connectivity index (χ0) is 23.5. The Kier molecular flexibility index (Phi) is 9.49. The molecule has 0 saturated carbocycles. The summed E-state index contributed by atoms with van der Waals surface area (Å²) in [6.45, 7) is 21.3. The van der Waals surface area contributed by atoms with Gasteiger partial charge in [-0.15, -0.1) is 0 Å². The van der Waals surface area contributed by atoms with Gasteiger partial charge >= 0.3 is 11.9 Å². The SMILES string of the molecule is CC(=O)OC[C@H]1OC(OC(C)=O)[C@H](O[Si](C)(C)C)[C@@H](O[Si](C)(C)C)[C@@H]1O[Si](C)(C)C. The molecule has 11 heteroatoms. The van der Waals surface area contributed by atoms with E-state index in [2.05, 4.69) is 58.9 Å². The zero-order valence-corrected chi connectivity index (χ0v) is 23.4. The van der Waals surface area contributed by atoms with Crippen LogP contribution in [0.5, 0.6) is 0 Å². The summed E-state index contributed by atoms with van der Waals surface area (Å²) >= 11 is 0. The Morgan fingerprint density at radius 2 is 1.13 bits per heavy atom. The largest absolute Gasteiger partial charge is 0.463 e. The highest BCUT2D eigenvalue weighted by Gasteiger charge is 2.53. The summed E-state index contributed by atoms with van der Waals surface area (Å²) < 4.78 is 36.4. The van der Waals surface area contributed by atoms with Crippen molar-refractivity contribution in [2.45, 2.75) is 103 Å². The highest BCUT2D eigenvalue weighted by molar-refractivity contribution is 6.70. The molecular weight excluding hydrogens is 440 g/mol. The first-order valence-corrected chi connectivity index (χ1v) is 20.6. The van der Waals surface area contributed by atoms with Crippen LogP contribution in [0.3, 0.4) is 0 Å². The van der Waals surface area contributed by atoms with Crippen LogP contribution >= 0.6 is 0 Å². The van der Waals surface area contributed by atoms with Crippen LogP contribution in [0.4, 0.5) is 0 Å². The van der Waals surface area contributed by atoms with Crippen molar-refractivity contribution in [3.63, 3.8) is 0 Å². The molecule has 1 aliphatic heterocycles. The van der Waals surface area contributed by atoms with Gasteiger partial charge in [0.05, 0.1) is 0 Å². The Balaban J connectivity index is 3.44. The van der Waals surface area contributed by atoms with Crippen LogP contribution in [0.2, 0.25) is 58.9 Å². The lowest BCUT2D eigenvalue weighted by molar-refractivity contribution is -0.283. The molecular formula is C19H40O8Si3. The van der Waals surface area contributed by atoms with E-state index in [0.717, 1.165) is 0 Å². The third-order valence-corrected chi connectivity index (χ3v) is 6.73. The first-order valence-electron chi connectivity index (χ1n) is 10.4. The van der Waals surface area contributed by atoms with Gasteiger partial charge in [-0.05, 0) is 58.9 Å². The van der Waals surface area contributed by atoms with Gasteiger partial charge in [-0.2, -0.15) is 0 Å². The lowest BCUT2D eigenvalue weighted by atomic mass is 9.99. The Labute approximate surface area is 184 Å². The van der Waals surface area contributed by atoms with Crippen molar-refractivity contribution in [2.24, 2.45) is 0 Å². The van der Waals surface area contributed by atoms with E-state index < -0.39 is 67.6 Å². The molecule has 1 fully saturated rings. The molecule has 0 aliphatic carbocycles. The molecule has 1 unspecified atom stereocenters. The molecule has 176 valence electrons. The van der Waals surface area contributed by atoms with E-state index in [1.165, 1.54) is 13.8 Å². The van der Waals surface area contributed by atoms with Gasteiger partial charge in [-0.3, -0.25) is 9.59 Å². The van der Waals surface area contributed by atoms with Gasteiger partial charge in [0.1, 0.15) is 31.0 Å². The summed E-state index contributed by atoms with van der Waals surface area (Å²) in [4.78, 5) is 23.3. The minimum atomic E-state index is -2.07. The molecule has 1 heterocycles. The van der Waals surface area contributed by atoms with Gasteiger partial charge in [0, 0.05) is 13.8 Å². The summed E-state index contributed by atoms with van der Waals surface area (Å²) in [7, 11) is -6.16. The summed E-state index contributed by atoms with van der Waals surface area (Å²) in [6, 6.07) is 0. The number of carbonyl (C=O) groups excluding carboxylic acids is 2. The fraction of sp³-hybridized carbons (Fsp3) is 0.895. The molecule has 0 aromatic rings. The molecule has 1 aliphatic rings. The molecule has 5 atom stereocenters. The van der Waals surface area contributed by atoms with Gasteiger partial charge in [0.25, 0.3) is 0 Å². The third kappa shape index (κ3) is 10.2. The smallest absolute Gasteiger partial charge is 0.305 e. The second-order valence-electron chi connectivity index (χ2n) is 10.5. The molecule has 0 radical (unpaired) electrons. The Morgan fingerprint density at radius 3 is 1.53 bits per heavy atom. The van der Waals surface area contributed by atoms with Crippen LogP contribution in [-0.4, -0.2) is 74.2 Å². The minimum Gasteiger partial charge on any atom is -0.463 e. The average Bonchev–Trinajstić information content (AvgIpc) is 2.47. The number of esters is 2. The molecule has 1 saturated heterocycles. The molecule has 0 amide bonds. The minimum absolute atomic E-state index is 0.0204. The molecule has 0 spiro atoms. The predicted molar refractivity (Wildman–Crippen MR) is 122 cm³/mol. The average molecular weight is 481 g/mol. The first-order chi connectivity index (χ1) is 13.4. The predicted octanol–water partition coefficient (Wildman–Crippen LogP) is 3.50. The van der Waals surface area contributed by atoms with E-state index in [1.807, 2.05) is 0 Å². The van der Waals surface area contributed by atoms with Crippen LogP contribution < -0.4 is 0 Å². The van der Waals surface area contributed by atoms with E-state index in [-0.39, 0.29) is 6.61 Å². The van der Waals surface area contributed by atoms with Crippen LogP contribution in [0.15, 0.2) is 0 Å². The number of carbonyl (C=O) groups is 2. The highest BCUT2D eigenvalue weighted by atomic mass is 28.4. The Bertz CT molecular complexity index is 594.